The van der Waals surface area contributed by atoms with E-state index in [1.165, 1.54) is 12.1 Å². The zero-order valence-corrected chi connectivity index (χ0v) is 10.0. The Morgan fingerprint density at radius 3 is 2.65 bits per heavy atom. The number of carbonyl (C=O) groups is 1. The summed E-state index contributed by atoms with van der Waals surface area (Å²) >= 11 is 11.5. The van der Waals surface area contributed by atoms with Crippen LogP contribution in [0.2, 0.25) is 10.2 Å². The summed E-state index contributed by atoms with van der Waals surface area (Å²) in [5, 5.41) is 3.12. The summed E-state index contributed by atoms with van der Waals surface area (Å²) in [6.45, 7) is 0. The van der Waals surface area contributed by atoms with Crippen LogP contribution >= 0.6 is 23.2 Å². The number of rotatable bonds is 2. The van der Waals surface area contributed by atoms with E-state index in [-0.39, 0.29) is 11.0 Å². The number of halogens is 2. The van der Waals surface area contributed by atoms with Crippen molar-refractivity contribution < 1.29 is 9.21 Å². The lowest BCUT2D eigenvalue weighted by molar-refractivity contribution is 0.0997. The number of carbonyl (C=O) groups excluding carboxylic acids is 1. The van der Waals surface area contributed by atoms with E-state index in [1.54, 1.807) is 18.2 Å². The molecular formula is C11H8Cl2N2O2. The number of nitrogen functional groups attached to an aromatic ring is 1. The van der Waals surface area contributed by atoms with E-state index in [1.807, 2.05) is 0 Å². The van der Waals surface area contributed by atoms with Crippen molar-refractivity contribution >= 4 is 40.5 Å². The molecule has 0 saturated heterocycles. The molecule has 0 unspecified atom stereocenters. The Labute approximate surface area is 107 Å². The van der Waals surface area contributed by atoms with Crippen LogP contribution in [-0.2, 0) is 0 Å². The average Bonchev–Trinajstić information content (AvgIpc) is 2.70. The summed E-state index contributed by atoms with van der Waals surface area (Å²) in [5.41, 5.74) is 6.51. The molecule has 2 aromatic rings. The van der Waals surface area contributed by atoms with Gasteiger partial charge in [0.1, 0.15) is 0 Å². The van der Waals surface area contributed by atoms with Crippen LogP contribution < -0.4 is 11.1 Å². The molecule has 3 N–H and O–H groups in total. The molecule has 1 heterocycles. The first-order valence-electron chi connectivity index (χ1n) is 4.68. The van der Waals surface area contributed by atoms with Crippen LogP contribution in [0.25, 0.3) is 0 Å². The molecule has 0 atom stereocenters. The Morgan fingerprint density at radius 1 is 1.24 bits per heavy atom. The Bertz CT molecular complexity index is 566. The largest absolute Gasteiger partial charge is 0.440 e. The predicted octanol–water partition coefficient (Wildman–Crippen LogP) is 3.42. The van der Waals surface area contributed by atoms with Gasteiger partial charge in [-0.25, -0.2) is 0 Å². The molecule has 0 aliphatic heterocycles. The van der Waals surface area contributed by atoms with Crippen molar-refractivity contribution in [3.8, 4) is 0 Å². The normalized spacial score (nSPS) is 10.2. The minimum Gasteiger partial charge on any atom is -0.440 e. The standard InChI is InChI=1S/C11H8Cl2N2O2/c12-7-2-1-6(14)5-8(7)15-11(16)9-3-4-10(13)17-9/h1-5H,14H2,(H,15,16). The first-order valence-corrected chi connectivity index (χ1v) is 5.43. The number of hydrogen-bond acceptors (Lipinski definition) is 3. The summed E-state index contributed by atoms with van der Waals surface area (Å²) < 4.78 is 4.97. The van der Waals surface area contributed by atoms with Gasteiger partial charge >= 0.3 is 0 Å². The summed E-state index contributed by atoms with van der Waals surface area (Å²) in [7, 11) is 0. The number of benzene rings is 1. The number of nitrogens with two attached hydrogens (primary N) is 1. The molecule has 0 saturated carbocycles. The van der Waals surface area contributed by atoms with Gasteiger partial charge in [0.05, 0.1) is 10.7 Å². The SMILES string of the molecule is Nc1ccc(Cl)c(NC(=O)c2ccc(Cl)o2)c1. The summed E-state index contributed by atoms with van der Waals surface area (Å²) in [6.07, 6.45) is 0. The number of hydrogen-bond donors (Lipinski definition) is 2. The highest BCUT2D eigenvalue weighted by atomic mass is 35.5. The van der Waals surface area contributed by atoms with E-state index in [4.69, 9.17) is 33.4 Å². The number of furan rings is 1. The minimum absolute atomic E-state index is 0.105. The Morgan fingerprint density at radius 2 is 2.00 bits per heavy atom. The van der Waals surface area contributed by atoms with Crippen molar-refractivity contribution in [2.45, 2.75) is 0 Å². The molecule has 1 amide bonds. The molecule has 1 aromatic carbocycles. The van der Waals surface area contributed by atoms with Crippen LogP contribution in [0.4, 0.5) is 11.4 Å². The molecule has 1 aromatic heterocycles. The molecule has 17 heavy (non-hydrogen) atoms. The number of anilines is 2. The second-order valence-corrected chi connectivity index (χ2v) is 4.08. The van der Waals surface area contributed by atoms with Crippen molar-refractivity contribution in [3.63, 3.8) is 0 Å². The minimum atomic E-state index is -0.440. The molecule has 4 nitrogen and oxygen atoms in total. The predicted molar refractivity (Wildman–Crippen MR) is 67.5 cm³/mol. The molecule has 0 radical (unpaired) electrons. The lowest BCUT2D eigenvalue weighted by atomic mass is 10.2. The van der Waals surface area contributed by atoms with Gasteiger partial charge in [0.15, 0.2) is 11.0 Å². The van der Waals surface area contributed by atoms with Crippen LogP contribution in [0.1, 0.15) is 10.6 Å². The smallest absolute Gasteiger partial charge is 0.291 e. The first kappa shape index (κ1) is 11.8. The van der Waals surface area contributed by atoms with Crippen molar-refractivity contribution in [1.82, 2.24) is 0 Å². The van der Waals surface area contributed by atoms with Gasteiger partial charge in [-0.1, -0.05) is 11.6 Å². The van der Waals surface area contributed by atoms with Crippen LogP contribution in [0.3, 0.4) is 0 Å². The summed E-state index contributed by atoms with van der Waals surface area (Å²) in [5.74, 6) is -0.335. The fourth-order valence-electron chi connectivity index (χ4n) is 1.26. The van der Waals surface area contributed by atoms with E-state index < -0.39 is 5.91 Å². The Kier molecular flexibility index (Phi) is 3.26. The zero-order chi connectivity index (χ0) is 12.4. The van der Waals surface area contributed by atoms with Crippen molar-refractivity contribution in [2.75, 3.05) is 11.1 Å². The van der Waals surface area contributed by atoms with Gasteiger partial charge in [0.2, 0.25) is 0 Å². The molecule has 2 rings (SSSR count). The Balaban J connectivity index is 2.21. The molecule has 0 fully saturated rings. The zero-order valence-electron chi connectivity index (χ0n) is 8.54. The molecule has 0 bridgehead atoms. The van der Waals surface area contributed by atoms with Gasteiger partial charge in [0, 0.05) is 5.69 Å². The van der Waals surface area contributed by atoms with E-state index in [9.17, 15) is 4.79 Å². The number of amides is 1. The lowest BCUT2D eigenvalue weighted by Crippen LogP contribution is -2.11. The van der Waals surface area contributed by atoms with E-state index >= 15 is 0 Å². The fraction of sp³-hybridized carbons (Fsp3) is 0. The molecular weight excluding hydrogens is 263 g/mol. The second-order valence-electron chi connectivity index (χ2n) is 3.30. The topological polar surface area (TPSA) is 68.3 Å². The molecule has 6 heteroatoms. The lowest BCUT2D eigenvalue weighted by Gasteiger charge is -2.06. The van der Waals surface area contributed by atoms with E-state index in [0.717, 1.165) is 0 Å². The maximum absolute atomic E-state index is 11.7. The van der Waals surface area contributed by atoms with Crippen LogP contribution in [0.15, 0.2) is 34.7 Å². The molecule has 0 aliphatic carbocycles. The van der Waals surface area contributed by atoms with Gasteiger partial charge < -0.3 is 15.5 Å². The quantitative estimate of drug-likeness (QED) is 0.822. The Hall–Kier alpha value is -1.65. The van der Waals surface area contributed by atoms with Crippen molar-refractivity contribution in [1.29, 1.82) is 0 Å². The third kappa shape index (κ3) is 2.72. The van der Waals surface area contributed by atoms with Gasteiger partial charge in [0.25, 0.3) is 5.91 Å². The van der Waals surface area contributed by atoms with Crippen LogP contribution in [0, 0.1) is 0 Å². The van der Waals surface area contributed by atoms with Gasteiger partial charge in [-0.15, -0.1) is 0 Å². The third-order valence-electron chi connectivity index (χ3n) is 2.04. The highest BCUT2D eigenvalue weighted by molar-refractivity contribution is 6.34. The highest BCUT2D eigenvalue weighted by Gasteiger charge is 2.12. The van der Waals surface area contributed by atoms with Gasteiger partial charge in [-0.3, -0.25) is 4.79 Å². The number of nitrogens with one attached hydrogen (secondary N) is 1. The van der Waals surface area contributed by atoms with Gasteiger partial charge in [-0.2, -0.15) is 0 Å². The fourth-order valence-corrected chi connectivity index (χ4v) is 1.57. The maximum Gasteiger partial charge on any atom is 0.291 e. The van der Waals surface area contributed by atoms with E-state index in [2.05, 4.69) is 5.32 Å². The summed E-state index contributed by atoms with van der Waals surface area (Å²) in [4.78, 5) is 11.7. The molecule has 0 aliphatic rings. The van der Waals surface area contributed by atoms with Crippen molar-refractivity contribution in [3.05, 3.63) is 46.3 Å². The van der Waals surface area contributed by atoms with E-state index in [0.29, 0.717) is 16.4 Å². The average molecular weight is 271 g/mol. The maximum atomic E-state index is 11.7. The monoisotopic (exact) mass is 270 g/mol. The molecule has 0 spiro atoms. The van der Waals surface area contributed by atoms with Crippen molar-refractivity contribution in [2.24, 2.45) is 0 Å². The van der Waals surface area contributed by atoms with Gasteiger partial charge in [-0.05, 0) is 41.9 Å². The second kappa shape index (κ2) is 4.69. The third-order valence-corrected chi connectivity index (χ3v) is 2.57. The van der Waals surface area contributed by atoms with Crippen LogP contribution in [-0.4, -0.2) is 5.91 Å². The molecule has 88 valence electrons. The van der Waals surface area contributed by atoms with Crippen LogP contribution in [0.5, 0.6) is 0 Å². The first-order chi connectivity index (χ1) is 8.06. The summed E-state index contributed by atoms with van der Waals surface area (Å²) in [6, 6.07) is 7.75. The highest BCUT2D eigenvalue weighted by Crippen LogP contribution is 2.25.